The summed E-state index contributed by atoms with van der Waals surface area (Å²) in [4.78, 5) is 16.9. The summed E-state index contributed by atoms with van der Waals surface area (Å²) in [7, 11) is 0. The number of hydrogen-bond donors (Lipinski definition) is 1. The Morgan fingerprint density at radius 2 is 2.22 bits per heavy atom. The molecule has 18 heavy (non-hydrogen) atoms. The van der Waals surface area contributed by atoms with E-state index >= 15 is 0 Å². The molecule has 1 saturated heterocycles. The van der Waals surface area contributed by atoms with Crippen LogP contribution >= 0.6 is 0 Å². The Labute approximate surface area is 105 Å². The van der Waals surface area contributed by atoms with Gasteiger partial charge >= 0.3 is 6.09 Å². The van der Waals surface area contributed by atoms with Gasteiger partial charge in [-0.05, 0) is 25.3 Å². The normalized spacial score (nSPS) is 21.1. The molecule has 5 nitrogen and oxygen atoms in total. The van der Waals surface area contributed by atoms with Gasteiger partial charge in [0.25, 0.3) is 0 Å². The van der Waals surface area contributed by atoms with Crippen LogP contribution in [0.15, 0.2) is 12.3 Å². The average molecular weight is 248 g/mol. The molecule has 0 atom stereocenters. The molecule has 1 spiro atoms. The quantitative estimate of drug-likeness (QED) is 0.761. The summed E-state index contributed by atoms with van der Waals surface area (Å²) in [6.07, 6.45) is 2.41. The molecule has 3 heterocycles. The largest absolute Gasteiger partial charge is 0.465 e. The highest BCUT2D eigenvalue weighted by Gasteiger charge is 2.44. The van der Waals surface area contributed by atoms with E-state index in [0.717, 1.165) is 16.8 Å². The fraction of sp³-hybridized carbons (Fsp3) is 0.538. The average Bonchev–Trinajstić information content (AvgIpc) is 2.68. The van der Waals surface area contributed by atoms with E-state index in [1.165, 1.54) is 4.90 Å². The minimum Gasteiger partial charge on any atom is -0.465 e. The van der Waals surface area contributed by atoms with Crippen molar-refractivity contribution in [2.24, 2.45) is 0 Å². The summed E-state index contributed by atoms with van der Waals surface area (Å²) in [5.74, 6) is 0. The summed E-state index contributed by atoms with van der Waals surface area (Å²) < 4.78 is 5.95. The van der Waals surface area contributed by atoms with E-state index in [-0.39, 0.29) is 5.60 Å². The lowest BCUT2D eigenvalue weighted by Gasteiger charge is -2.37. The smallest absolute Gasteiger partial charge is 0.407 e. The molecule has 1 aromatic rings. The predicted octanol–water partition coefficient (Wildman–Crippen LogP) is 1.89. The minimum absolute atomic E-state index is 0.352. The van der Waals surface area contributed by atoms with Crippen molar-refractivity contribution in [3.63, 3.8) is 0 Å². The Kier molecular flexibility index (Phi) is 2.52. The Morgan fingerprint density at radius 3 is 2.89 bits per heavy atom. The summed E-state index contributed by atoms with van der Waals surface area (Å²) >= 11 is 0. The zero-order valence-corrected chi connectivity index (χ0v) is 10.3. The molecule has 1 N–H and O–H groups in total. The van der Waals surface area contributed by atoms with Crippen LogP contribution in [0.25, 0.3) is 0 Å². The number of hydrogen-bond acceptors (Lipinski definition) is 3. The number of carboxylic acid groups (broad SMARTS) is 1. The fourth-order valence-corrected chi connectivity index (χ4v) is 2.87. The minimum atomic E-state index is -0.847. The van der Waals surface area contributed by atoms with Gasteiger partial charge < -0.3 is 14.7 Å². The van der Waals surface area contributed by atoms with E-state index < -0.39 is 6.09 Å². The van der Waals surface area contributed by atoms with Crippen molar-refractivity contribution >= 4 is 6.09 Å². The standard InChI is InChI=1S/C13H16N2O3/c1-9-6-10-8-18-13(11(10)14-7-9)2-4-15(5-3-13)12(16)17/h6-7H,2-5,8H2,1H3,(H,16,17). The molecule has 0 bridgehead atoms. The highest BCUT2D eigenvalue weighted by molar-refractivity contribution is 5.65. The fourth-order valence-electron chi connectivity index (χ4n) is 2.87. The number of likely N-dealkylation sites (tertiary alicyclic amines) is 1. The number of rotatable bonds is 0. The van der Waals surface area contributed by atoms with Crippen molar-refractivity contribution in [1.29, 1.82) is 0 Å². The molecule has 2 aliphatic rings. The van der Waals surface area contributed by atoms with Gasteiger partial charge in [-0.1, -0.05) is 6.07 Å². The number of fused-ring (bicyclic) bond motifs is 2. The number of amides is 1. The summed E-state index contributed by atoms with van der Waals surface area (Å²) in [5, 5.41) is 8.97. The van der Waals surface area contributed by atoms with Gasteiger partial charge in [-0.25, -0.2) is 4.79 Å². The van der Waals surface area contributed by atoms with Crippen molar-refractivity contribution in [2.75, 3.05) is 13.1 Å². The van der Waals surface area contributed by atoms with E-state index in [1.807, 2.05) is 13.1 Å². The molecule has 1 aromatic heterocycles. The Balaban J connectivity index is 1.86. The predicted molar refractivity (Wildman–Crippen MR) is 64.3 cm³/mol. The molecule has 0 saturated carbocycles. The number of pyridine rings is 1. The number of aryl methyl sites for hydroxylation is 1. The maximum absolute atomic E-state index is 10.9. The van der Waals surface area contributed by atoms with Gasteiger partial charge in [-0.2, -0.15) is 0 Å². The second-order valence-electron chi connectivity index (χ2n) is 5.07. The monoisotopic (exact) mass is 248 g/mol. The van der Waals surface area contributed by atoms with Gasteiger partial charge in [0.15, 0.2) is 0 Å². The molecule has 2 aliphatic heterocycles. The summed E-state index contributed by atoms with van der Waals surface area (Å²) in [6, 6.07) is 2.11. The van der Waals surface area contributed by atoms with Crippen molar-refractivity contribution in [1.82, 2.24) is 9.88 Å². The van der Waals surface area contributed by atoms with Crippen LogP contribution in [0.4, 0.5) is 4.79 Å². The highest BCUT2D eigenvalue weighted by Crippen LogP contribution is 2.43. The lowest BCUT2D eigenvalue weighted by atomic mass is 9.87. The van der Waals surface area contributed by atoms with Crippen LogP contribution in [0.1, 0.15) is 29.7 Å². The molecule has 0 aromatic carbocycles. The first kappa shape index (κ1) is 11.5. The van der Waals surface area contributed by atoms with E-state index in [2.05, 4.69) is 11.1 Å². The summed E-state index contributed by atoms with van der Waals surface area (Å²) in [5.41, 5.74) is 2.95. The van der Waals surface area contributed by atoms with Gasteiger partial charge in [0.05, 0.1) is 12.3 Å². The first-order valence-corrected chi connectivity index (χ1v) is 6.19. The van der Waals surface area contributed by atoms with Crippen LogP contribution in [-0.4, -0.2) is 34.2 Å². The molecular weight excluding hydrogens is 232 g/mol. The molecular formula is C13H16N2O3. The van der Waals surface area contributed by atoms with Crippen molar-refractivity contribution in [2.45, 2.75) is 32.0 Å². The van der Waals surface area contributed by atoms with E-state index in [0.29, 0.717) is 32.5 Å². The zero-order valence-electron chi connectivity index (χ0n) is 10.3. The maximum Gasteiger partial charge on any atom is 0.407 e. The molecule has 1 amide bonds. The lowest BCUT2D eigenvalue weighted by molar-refractivity contribution is -0.0770. The molecule has 5 heteroatoms. The molecule has 0 aliphatic carbocycles. The Morgan fingerprint density at radius 1 is 1.50 bits per heavy atom. The molecule has 96 valence electrons. The first-order chi connectivity index (χ1) is 8.61. The van der Waals surface area contributed by atoms with E-state index in [1.54, 1.807) is 0 Å². The third-order valence-corrected chi connectivity index (χ3v) is 3.88. The second kappa shape index (κ2) is 3.95. The van der Waals surface area contributed by atoms with Crippen LogP contribution in [0.2, 0.25) is 0 Å². The van der Waals surface area contributed by atoms with Crippen LogP contribution in [0.5, 0.6) is 0 Å². The maximum atomic E-state index is 10.9. The van der Waals surface area contributed by atoms with Crippen LogP contribution in [-0.2, 0) is 16.9 Å². The Hall–Kier alpha value is -1.62. The number of carbonyl (C=O) groups is 1. The molecule has 0 radical (unpaired) electrons. The van der Waals surface area contributed by atoms with Crippen LogP contribution < -0.4 is 0 Å². The zero-order chi connectivity index (χ0) is 12.8. The number of nitrogens with zero attached hydrogens (tertiary/aromatic N) is 2. The van der Waals surface area contributed by atoms with E-state index in [4.69, 9.17) is 9.84 Å². The molecule has 0 unspecified atom stereocenters. The number of aromatic nitrogens is 1. The van der Waals surface area contributed by atoms with Crippen LogP contribution in [0, 0.1) is 6.92 Å². The topological polar surface area (TPSA) is 62.7 Å². The lowest BCUT2D eigenvalue weighted by Crippen LogP contribution is -2.44. The third-order valence-electron chi connectivity index (χ3n) is 3.88. The third kappa shape index (κ3) is 1.66. The first-order valence-electron chi connectivity index (χ1n) is 6.19. The van der Waals surface area contributed by atoms with Gasteiger partial charge in [0.2, 0.25) is 0 Å². The van der Waals surface area contributed by atoms with Crippen molar-refractivity contribution < 1.29 is 14.6 Å². The SMILES string of the molecule is Cc1cnc2c(c1)COC21CCN(C(=O)O)CC1. The number of piperidine rings is 1. The molecule has 3 rings (SSSR count). The van der Waals surface area contributed by atoms with Gasteiger partial charge in [0.1, 0.15) is 5.60 Å². The van der Waals surface area contributed by atoms with Gasteiger partial charge in [-0.15, -0.1) is 0 Å². The summed E-state index contributed by atoms with van der Waals surface area (Å²) in [6.45, 7) is 3.65. The Bertz CT molecular complexity index is 493. The van der Waals surface area contributed by atoms with Crippen LogP contribution in [0.3, 0.4) is 0 Å². The second-order valence-corrected chi connectivity index (χ2v) is 5.07. The highest BCUT2D eigenvalue weighted by atomic mass is 16.5. The molecule has 1 fully saturated rings. The van der Waals surface area contributed by atoms with Crippen molar-refractivity contribution in [3.8, 4) is 0 Å². The van der Waals surface area contributed by atoms with Gasteiger partial charge in [-0.3, -0.25) is 4.98 Å². The van der Waals surface area contributed by atoms with E-state index in [9.17, 15) is 4.79 Å². The van der Waals surface area contributed by atoms with Gasteiger partial charge in [0, 0.05) is 24.8 Å². The number of ether oxygens (including phenoxy) is 1. The van der Waals surface area contributed by atoms with Crippen molar-refractivity contribution in [3.05, 3.63) is 29.1 Å².